The number of nitrogens with one attached hydrogen (secondary N) is 1. The van der Waals surface area contributed by atoms with Crippen LogP contribution in [0.4, 0.5) is 0 Å². The second kappa shape index (κ2) is 7.10. The number of carbonyl (C=O) groups excluding carboxylic acids is 1. The van der Waals surface area contributed by atoms with Gasteiger partial charge in [0, 0.05) is 19.3 Å². The van der Waals surface area contributed by atoms with Crippen LogP contribution >= 0.6 is 11.8 Å². The van der Waals surface area contributed by atoms with Crippen LogP contribution in [0.15, 0.2) is 28.3 Å². The maximum absolute atomic E-state index is 12.0. The average molecular weight is 334 g/mol. The number of carbonyl (C=O) groups is 1. The first-order valence-corrected chi connectivity index (χ1v) is 8.49. The number of thioether (sulfide) groups is 1. The van der Waals surface area contributed by atoms with Crippen molar-refractivity contribution in [3.05, 3.63) is 34.4 Å². The van der Waals surface area contributed by atoms with E-state index >= 15 is 0 Å². The lowest BCUT2D eigenvalue weighted by molar-refractivity contribution is -0.119. The standard InChI is InChI=1S/C15H18N4O3S/c1-10-4-2-6-19-13(10)17-14(18-15(19)21)23-9-12(20)16-8-11-5-3-7-22-11/h2,4,6,11H,3,5,7-9H2,1H3,(H,16,20)/t11-/m0/s1. The Hall–Kier alpha value is -1.93. The van der Waals surface area contributed by atoms with Crippen molar-refractivity contribution in [2.45, 2.75) is 31.0 Å². The molecule has 1 atom stereocenters. The largest absolute Gasteiger partial charge is 0.376 e. The molecule has 122 valence electrons. The topological polar surface area (TPSA) is 85.6 Å². The van der Waals surface area contributed by atoms with E-state index in [4.69, 9.17) is 4.74 Å². The zero-order chi connectivity index (χ0) is 16.2. The van der Waals surface area contributed by atoms with Crippen LogP contribution in [0.3, 0.4) is 0 Å². The number of amides is 1. The van der Waals surface area contributed by atoms with Crippen molar-refractivity contribution in [2.75, 3.05) is 18.9 Å². The van der Waals surface area contributed by atoms with E-state index in [1.165, 1.54) is 4.40 Å². The SMILES string of the molecule is Cc1cccn2c(=O)nc(SCC(=O)NC[C@@H]3CCCO3)nc12. The van der Waals surface area contributed by atoms with Gasteiger partial charge in [-0.1, -0.05) is 17.8 Å². The van der Waals surface area contributed by atoms with Crippen LogP contribution < -0.4 is 11.0 Å². The fraction of sp³-hybridized carbons (Fsp3) is 0.467. The number of rotatable bonds is 5. The third kappa shape index (κ3) is 3.89. The molecule has 23 heavy (non-hydrogen) atoms. The summed E-state index contributed by atoms with van der Waals surface area (Å²) >= 11 is 1.16. The van der Waals surface area contributed by atoms with Crippen molar-refractivity contribution in [3.8, 4) is 0 Å². The zero-order valence-electron chi connectivity index (χ0n) is 12.8. The van der Waals surface area contributed by atoms with E-state index in [0.717, 1.165) is 36.8 Å². The molecule has 1 saturated heterocycles. The van der Waals surface area contributed by atoms with E-state index in [9.17, 15) is 9.59 Å². The quantitative estimate of drug-likeness (QED) is 0.814. The minimum atomic E-state index is -0.388. The van der Waals surface area contributed by atoms with Crippen molar-refractivity contribution in [1.29, 1.82) is 0 Å². The first kappa shape index (κ1) is 15.9. The molecule has 0 unspecified atom stereocenters. The van der Waals surface area contributed by atoms with Crippen molar-refractivity contribution in [3.63, 3.8) is 0 Å². The smallest absolute Gasteiger partial charge is 0.355 e. The molecule has 3 rings (SSSR count). The van der Waals surface area contributed by atoms with Crippen molar-refractivity contribution < 1.29 is 9.53 Å². The van der Waals surface area contributed by atoms with Gasteiger partial charge >= 0.3 is 5.69 Å². The highest BCUT2D eigenvalue weighted by Crippen LogP contribution is 2.14. The van der Waals surface area contributed by atoms with Crippen LogP contribution in [0.1, 0.15) is 18.4 Å². The molecular formula is C15H18N4O3S. The summed E-state index contributed by atoms with van der Waals surface area (Å²) in [7, 11) is 0. The Bertz CT molecular complexity index is 771. The van der Waals surface area contributed by atoms with Crippen LogP contribution in [-0.2, 0) is 9.53 Å². The molecule has 0 spiro atoms. The monoisotopic (exact) mass is 334 g/mol. The molecule has 0 bridgehead atoms. The van der Waals surface area contributed by atoms with Crippen LogP contribution in [0, 0.1) is 6.92 Å². The summed E-state index contributed by atoms with van der Waals surface area (Å²) in [6.45, 7) is 3.17. The Balaban J connectivity index is 1.61. The highest BCUT2D eigenvalue weighted by Gasteiger charge is 2.16. The first-order chi connectivity index (χ1) is 11.1. The first-order valence-electron chi connectivity index (χ1n) is 7.50. The molecule has 1 aliphatic heterocycles. The van der Waals surface area contributed by atoms with Crippen LogP contribution in [-0.4, -0.2) is 45.3 Å². The lowest BCUT2D eigenvalue weighted by Crippen LogP contribution is -2.33. The van der Waals surface area contributed by atoms with E-state index in [0.29, 0.717) is 17.3 Å². The van der Waals surface area contributed by atoms with Crippen LogP contribution in [0.5, 0.6) is 0 Å². The summed E-state index contributed by atoms with van der Waals surface area (Å²) < 4.78 is 6.85. The molecule has 8 heteroatoms. The zero-order valence-corrected chi connectivity index (χ0v) is 13.6. The minimum absolute atomic E-state index is 0.112. The molecule has 0 aromatic carbocycles. The molecule has 1 aliphatic rings. The minimum Gasteiger partial charge on any atom is -0.376 e. The summed E-state index contributed by atoms with van der Waals surface area (Å²) in [5.74, 6) is 0.0629. The second-order valence-electron chi connectivity index (χ2n) is 5.40. The molecule has 1 fully saturated rings. The number of aromatic nitrogens is 3. The van der Waals surface area contributed by atoms with Crippen LogP contribution in [0.25, 0.3) is 5.65 Å². The highest BCUT2D eigenvalue weighted by molar-refractivity contribution is 7.99. The number of hydrogen-bond donors (Lipinski definition) is 1. The summed E-state index contributed by atoms with van der Waals surface area (Å²) in [5, 5.41) is 3.15. The fourth-order valence-corrected chi connectivity index (χ4v) is 3.09. The van der Waals surface area contributed by atoms with Gasteiger partial charge in [0.1, 0.15) is 5.65 Å². The number of nitrogens with zero attached hydrogens (tertiary/aromatic N) is 3. The lowest BCUT2D eigenvalue weighted by Gasteiger charge is -2.10. The van der Waals surface area contributed by atoms with E-state index in [1.807, 2.05) is 13.0 Å². The summed E-state index contributed by atoms with van der Waals surface area (Å²) in [4.78, 5) is 32.1. The molecule has 7 nitrogen and oxygen atoms in total. The Morgan fingerprint density at radius 2 is 2.39 bits per heavy atom. The van der Waals surface area contributed by atoms with Crippen molar-refractivity contribution in [2.24, 2.45) is 0 Å². The van der Waals surface area contributed by atoms with Gasteiger partial charge in [-0.2, -0.15) is 4.98 Å². The number of fused-ring (bicyclic) bond motifs is 1. The molecule has 1 N–H and O–H groups in total. The van der Waals surface area contributed by atoms with Gasteiger partial charge in [-0.3, -0.25) is 9.20 Å². The Morgan fingerprint density at radius 1 is 1.52 bits per heavy atom. The summed E-state index contributed by atoms with van der Waals surface area (Å²) in [6.07, 6.45) is 3.78. The Labute approximate surface area is 137 Å². The van der Waals surface area contributed by atoms with Gasteiger partial charge in [0.25, 0.3) is 0 Å². The average Bonchev–Trinajstić information content (AvgIpc) is 3.05. The van der Waals surface area contributed by atoms with Crippen molar-refractivity contribution in [1.82, 2.24) is 19.7 Å². The molecule has 0 saturated carbocycles. The van der Waals surface area contributed by atoms with Gasteiger partial charge in [0.2, 0.25) is 5.91 Å². The second-order valence-corrected chi connectivity index (χ2v) is 6.34. The normalized spacial score (nSPS) is 17.5. The summed E-state index contributed by atoms with van der Waals surface area (Å²) in [5.41, 5.74) is 1.06. The molecular weight excluding hydrogens is 316 g/mol. The summed E-state index contributed by atoms with van der Waals surface area (Å²) in [6, 6.07) is 3.66. The van der Waals surface area contributed by atoms with Gasteiger partial charge in [-0.15, -0.1) is 0 Å². The maximum Gasteiger partial charge on any atom is 0.355 e. The molecule has 2 aromatic rings. The number of ether oxygens (including phenoxy) is 1. The fourth-order valence-electron chi connectivity index (χ4n) is 2.43. The van der Waals surface area contributed by atoms with Crippen molar-refractivity contribution >= 4 is 23.3 Å². The highest BCUT2D eigenvalue weighted by atomic mass is 32.2. The predicted molar refractivity (Wildman–Crippen MR) is 86.7 cm³/mol. The van der Waals surface area contributed by atoms with E-state index in [2.05, 4.69) is 15.3 Å². The van der Waals surface area contributed by atoms with Gasteiger partial charge in [-0.05, 0) is 31.4 Å². The van der Waals surface area contributed by atoms with Crippen LogP contribution in [0.2, 0.25) is 0 Å². The molecule has 3 heterocycles. The number of aryl methyl sites for hydroxylation is 1. The Morgan fingerprint density at radius 3 is 3.17 bits per heavy atom. The van der Waals surface area contributed by atoms with Gasteiger partial charge in [-0.25, -0.2) is 9.78 Å². The maximum atomic E-state index is 12.0. The third-order valence-electron chi connectivity index (χ3n) is 3.64. The molecule has 2 aromatic heterocycles. The molecule has 1 amide bonds. The number of pyridine rings is 1. The third-order valence-corrected chi connectivity index (χ3v) is 4.49. The lowest BCUT2D eigenvalue weighted by atomic mass is 10.2. The number of hydrogen-bond acceptors (Lipinski definition) is 6. The van der Waals surface area contributed by atoms with E-state index in [-0.39, 0.29) is 23.5 Å². The molecule has 0 radical (unpaired) electrons. The van der Waals surface area contributed by atoms with Gasteiger partial charge < -0.3 is 10.1 Å². The van der Waals surface area contributed by atoms with E-state index in [1.54, 1.807) is 12.3 Å². The van der Waals surface area contributed by atoms with Gasteiger partial charge in [0.05, 0.1) is 11.9 Å². The molecule has 0 aliphatic carbocycles. The van der Waals surface area contributed by atoms with Gasteiger partial charge in [0.15, 0.2) is 5.16 Å². The van der Waals surface area contributed by atoms with E-state index < -0.39 is 0 Å². The Kier molecular flexibility index (Phi) is 4.92. The predicted octanol–water partition coefficient (Wildman–Crippen LogP) is 0.785.